The average Bonchev–Trinajstić information content (AvgIpc) is 2.46. The molecule has 0 fully saturated rings. The Labute approximate surface area is 115 Å². The molecular weight excluding hydrogens is 256 g/mol. The van der Waals surface area contributed by atoms with Crippen LogP contribution in [0.4, 0.5) is 0 Å². The van der Waals surface area contributed by atoms with Gasteiger partial charge in [-0.15, -0.1) is 0 Å². The summed E-state index contributed by atoms with van der Waals surface area (Å²) in [7, 11) is 0. The van der Waals surface area contributed by atoms with Crippen LogP contribution in [0.25, 0.3) is 0 Å². The third kappa shape index (κ3) is 3.88. The minimum Gasteiger partial charge on any atom is -0.329 e. The summed E-state index contributed by atoms with van der Waals surface area (Å²) >= 11 is 0. The molecule has 0 saturated heterocycles. The molecule has 0 bridgehead atoms. The van der Waals surface area contributed by atoms with Crippen LogP contribution in [-0.4, -0.2) is 35.5 Å². The fourth-order valence-corrected chi connectivity index (χ4v) is 1.51. The Hall–Kier alpha value is -2.76. The van der Waals surface area contributed by atoms with E-state index in [1.54, 1.807) is 36.7 Å². The number of H-pyrrole nitrogens is 2. The lowest BCUT2D eigenvalue weighted by Crippen LogP contribution is -2.11. The predicted octanol–water partition coefficient (Wildman–Crippen LogP) is 0.601. The van der Waals surface area contributed by atoms with Crippen LogP contribution in [-0.2, 0) is 0 Å². The third-order valence-electron chi connectivity index (χ3n) is 2.52. The van der Waals surface area contributed by atoms with Crippen LogP contribution < -0.4 is 11.1 Å². The van der Waals surface area contributed by atoms with Crippen molar-refractivity contribution in [3.05, 3.63) is 68.5 Å². The molecule has 2 aromatic heterocycles. The van der Waals surface area contributed by atoms with Gasteiger partial charge in [-0.1, -0.05) is 0 Å². The molecule has 102 valence electrons. The van der Waals surface area contributed by atoms with Gasteiger partial charge in [0.25, 0.3) is 11.1 Å². The van der Waals surface area contributed by atoms with Crippen molar-refractivity contribution in [1.82, 2.24) is 9.97 Å². The smallest absolute Gasteiger partial charge is 0.256 e. The number of pyridine rings is 2. The molecule has 2 aromatic rings. The molecule has 0 aliphatic carbocycles. The lowest BCUT2D eigenvalue weighted by molar-refractivity contribution is 0.983. The molecule has 0 aromatic carbocycles. The number of aliphatic imine (C=N–C) groups is 2. The number of aromatic nitrogens is 2. The highest BCUT2D eigenvalue weighted by Crippen LogP contribution is 1.86. The van der Waals surface area contributed by atoms with Crippen molar-refractivity contribution in [2.24, 2.45) is 9.98 Å². The first-order chi connectivity index (χ1) is 9.77. The molecule has 0 spiro atoms. The van der Waals surface area contributed by atoms with Gasteiger partial charge in [-0.05, 0) is 24.3 Å². The van der Waals surface area contributed by atoms with Gasteiger partial charge < -0.3 is 9.97 Å². The lowest BCUT2D eigenvalue weighted by Gasteiger charge is -1.92. The second-order valence-corrected chi connectivity index (χ2v) is 3.98. The number of nitrogens with zero attached hydrogens (tertiary/aromatic N) is 2. The van der Waals surface area contributed by atoms with E-state index in [1.165, 1.54) is 12.4 Å². The van der Waals surface area contributed by atoms with Gasteiger partial charge in [0.05, 0.1) is 24.2 Å². The molecule has 2 rings (SSSR count). The standard InChI is InChI=1S/C14H14N4O2/c19-13-11(3-1-5-17-13)9-15-7-8-16-10-12-4-2-6-18-14(12)20/h1-6,9-10H,7-8H2,(H,17,19)(H,18,20). The molecule has 0 saturated carbocycles. The summed E-state index contributed by atoms with van der Waals surface area (Å²) in [4.78, 5) is 36.0. The van der Waals surface area contributed by atoms with Crippen LogP contribution in [0, 0.1) is 0 Å². The van der Waals surface area contributed by atoms with E-state index in [-0.39, 0.29) is 11.1 Å². The Balaban J connectivity index is 1.86. The van der Waals surface area contributed by atoms with Crippen LogP contribution in [0.1, 0.15) is 11.1 Å². The van der Waals surface area contributed by atoms with Gasteiger partial charge in [0.1, 0.15) is 0 Å². The Morgan fingerprint density at radius 1 is 0.850 bits per heavy atom. The van der Waals surface area contributed by atoms with Gasteiger partial charge in [0, 0.05) is 24.8 Å². The molecule has 20 heavy (non-hydrogen) atoms. The van der Waals surface area contributed by atoms with Gasteiger partial charge >= 0.3 is 0 Å². The van der Waals surface area contributed by atoms with E-state index in [0.717, 1.165) is 0 Å². The van der Waals surface area contributed by atoms with Crippen LogP contribution in [0.5, 0.6) is 0 Å². The summed E-state index contributed by atoms with van der Waals surface area (Å²) in [6.07, 6.45) is 6.18. The van der Waals surface area contributed by atoms with E-state index in [0.29, 0.717) is 24.2 Å². The Morgan fingerprint density at radius 3 is 1.70 bits per heavy atom. The highest BCUT2D eigenvalue weighted by molar-refractivity contribution is 5.79. The highest BCUT2D eigenvalue weighted by atomic mass is 16.1. The second-order valence-electron chi connectivity index (χ2n) is 3.98. The molecule has 6 heteroatoms. The van der Waals surface area contributed by atoms with E-state index >= 15 is 0 Å². The van der Waals surface area contributed by atoms with Crippen molar-refractivity contribution in [3.63, 3.8) is 0 Å². The van der Waals surface area contributed by atoms with Crippen LogP contribution in [0.3, 0.4) is 0 Å². The monoisotopic (exact) mass is 270 g/mol. The van der Waals surface area contributed by atoms with Gasteiger partial charge in [0.15, 0.2) is 0 Å². The molecule has 0 unspecified atom stereocenters. The van der Waals surface area contributed by atoms with E-state index in [9.17, 15) is 9.59 Å². The van der Waals surface area contributed by atoms with Crippen molar-refractivity contribution in [2.75, 3.05) is 13.1 Å². The molecule has 0 amide bonds. The average molecular weight is 270 g/mol. The Bertz CT molecular complexity index is 664. The van der Waals surface area contributed by atoms with E-state index in [4.69, 9.17) is 0 Å². The predicted molar refractivity (Wildman–Crippen MR) is 79.0 cm³/mol. The first-order valence-electron chi connectivity index (χ1n) is 6.12. The fraction of sp³-hybridized carbons (Fsp3) is 0.143. The second kappa shape index (κ2) is 6.98. The maximum Gasteiger partial charge on any atom is 0.256 e. The summed E-state index contributed by atoms with van der Waals surface area (Å²) in [5.41, 5.74) is 0.679. The lowest BCUT2D eigenvalue weighted by atomic mass is 10.3. The number of nitrogens with one attached hydrogen (secondary N) is 2. The van der Waals surface area contributed by atoms with Crippen molar-refractivity contribution in [1.29, 1.82) is 0 Å². The first kappa shape index (κ1) is 13.7. The normalized spacial score (nSPS) is 11.4. The van der Waals surface area contributed by atoms with Crippen molar-refractivity contribution in [2.45, 2.75) is 0 Å². The maximum atomic E-state index is 11.3. The third-order valence-corrected chi connectivity index (χ3v) is 2.52. The zero-order valence-corrected chi connectivity index (χ0v) is 10.7. The van der Waals surface area contributed by atoms with Crippen LogP contribution >= 0.6 is 0 Å². The van der Waals surface area contributed by atoms with E-state index < -0.39 is 0 Å². The molecule has 6 nitrogen and oxygen atoms in total. The zero-order valence-electron chi connectivity index (χ0n) is 10.7. The number of hydrogen-bond acceptors (Lipinski definition) is 4. The summed E-state index contributed by atoms with van der Waals surface area (Å²) in [6, 6.07) is 6.86. The molecule has 0 aliphatic heterocycles. The molecular formula is C14H14N4O2. The van der Waals surface area contributed by atoms with E-state index in [1.807, 2.05) is 0 Å². The van der Waals surface area contributed by atoms with Crippen molar-refractivity contribution >= 4 is 12.4 Å². The van der Waals surface area contributed by atoms with Crippen molar-refractivity contribution < 1.29 is 0 Å². The number of hydrogen-bond donors (Lipinski definition) is 2. The molecule has 2 heterocycles. The van der Waals surface area contributed by atoms with Gasteiger partial charge in [-0.3, -0.25) is 19.6 Å². The van der Waals surface area contributed by atoms with E-state index in [2.05, 4.69) is 20.0 Å². The number of aromatic amines is 2. The zero-order chi connectivity index (χ0) is 14.2. The molecule has 0 atom stereocenters. The summed E-state index contributed by atoms with van der Waals surface area (Å²) in [5.74, 6) is 0. The Morgan fingerprint density at radius 2 is 1.30 bits per heavy atom. The van der Waals surface area contributed by atoms with Gasteiger partial charge in [-0.2, -0.15) is 0 Å². The minimum absolute atomic E-state index is 0.171. The van der Waals surface area contributed by atoms with Crippen LogP contribution in [0.2, 0.25) is 0 Å². The van der Waals surface area contributed by atoms with Gasteiger partial charge in [-0.25, -0.2) is 0 Å². The summed E-state index contributed by atoms with van der Waals surface area (Å²) < 4.78 is 0. The largest absolute Gasteiger partial charge is 0.329 e. The Kier molecular flexibility index (Phi) is 4.77. The fourth-order valence-electron chi connectivity index (χ4n) is 1.51. The topological polar surface area (TPSA) is 90.4 Å². The summed E-state index contributed by atoms with van der Waals surface area (Å²) in [6.45, 7) is 0.908. The SMILES string of the molecule is O=c1[nH]cccc1C=NCCN=Cc1ccc[nH]c1=O. The highest BCUT2D eigenvalue weighted by Gasteiger charge is 1.93. The number of rotatable bonds is 5. The maximum absolute atomic E-state index is 11.3. The quantitative estimate of drug-likeness (QED) is 0.615. The molecule has 2 N–H and O–H groups in total. The first-order valence-corrected chi connectivity index (χ1v) is 6.12. The summed E-state index contributed by atoms with van der Waals surface area (Å²) in [5, 5.41) is 0. The minimum atomic E-state index is -0.171. The van der Waals surface area contributed by atoms with Crippen molar-refractivity contribution in [3.8, 4) is 0 Å². The van der Waals surface area contributed by atoms with Crippen LogP contribution in [0.15, 0.2) is 56.2 Å². The molecule has 0 radical (unpaired) electrons. The van der Waals surface area contributed by atoms with Gasteiger partial charge in [0.2, 0.25) is 0 Å². The molecule has 0 aliphatic rings.